The predicted molar refractivity (Wildman–Crippen MR) is 145 cm³/mol. The standard InChI is InChI=1S/C30H29N2.CH4/c1-30(2)24-16-18(31(3)4)14-15-22(24)27-20-11-8-7-10-19(20)21-12-9-13-23-26(32(5)6)17-25(30)29(27)28(21)23;/h7-17H,1-6H3;1H4/q+1;. The van der Waals surface area contributed by atoms with Crippen molar-refractivity contribution < 1.29 is 4.58 Å². The maximum absolute atomic E-state index is 2.45. The summed E-state index contributed by atoms with van der Waals surface area (Å²) in [4.78, 5) is 2.20. The van der Waals surface area contributed by atoms with Crippen LogP contribution in [-0.2, 0) is 5.41 Å². The molecule has 166 valence electrons. The molecule has 2 aliphatic rings. The molecule has 2 heteroatoms. The normalized spacial score (nSPS) is 15.1. The van der Waals surface area contributed by atoms with E-state index in [-0.39, 0.29) is 12.8 Å². The Morgan fingerprint density at radius 1 is 0.758 bits per heavy atom. The molecule has 2 aliphatic carbocycles. The van der Waals surface area contributed by atoms with Crippen LogP contribution >= 0.6 is 0 Å². The summed E-state index contributed by atoms with van der Waals surface area (Å²) in [5, 5.41) is 5.44. The molecule has 0 spiro atoms. The van der Waals surface area contributed by atoms with Gasteiger partial charge in [0.2, 0.25) is 5.71 Å². The molecule has 4 aromatic rings. The van der Waals surface area contributed by atoms with Crippen LogP contribution in [0.2, 0.25) is 0 Å². The fourth-order valence-corrected chi connectivity index (χ4v) is 5.84. The second kappa shape index (κ2) is 7.05. The van der Waals surface area contributed by atoms with Gasteiger partial charge in [-0.1, -0.05) is 63.7 Å². The smallest absolute Gasteiger partial charge is 0.207 e. The quantitative estimate of drug-likeness (QED) is 0.229. The summed E-state index contributed by atoms with van der Waals surface area (Å²) in [6.45, 7) is 4.78. The van der Waals surface area contributed by atoms with Crippen LogP contribution in [-0.4, -0.2) is 38.5 Å². The molecule has 0 N–H and O–H groups in total. The molecule has 0 unspecified atom stereocenters. The zero-order valence-corrected chi connectivity index (χ0v) is 19.7. The first-order valence-electron chi connectivity index (χ1n) is 11.4. The van der Waals surface area contributed by atoms with Crippen molar-refractivity contribution in [3.8, 4) is 11.1 Å². The minimum atomic E-state index is -0.0987. The van der Waals surface area contributed by atoms with Gasteiger partial charge in [0.05, 0.1) is 5.56 Å². The van der Waals surface area contributed by atoms with Crippen LogP contribution in [0.15, 0.2) is 66.7 Å². The summed E-state index contributed by atoms with van der Waals surface area (Å²) < 4.78 is 2.27. The summed E-state index contributed by atoms with van der Waals surface area (Å²) in [6.07, 6.45) is 2.45. The molecule has 0 heterocycles. The molecule has 0 bridgehead atoms. The molecule has 0 atom stereocenters. The summed E-state index contributed by atoms with van der Waals surface area (Å²) in [5.74, 6) is 0. The van der Waals surface area contributed by atoms with Crippen molar-refractivity contribution in [1.29, 1.82) is 0 Å². The Morgan fingerprint density at radius 2 is 1.45 bits per heavy atom. The molecular formula is C31H33N2+. The Kier molecular flexibility index (Phi) is 4.59. The number of allylic oxidation sites excluding steroid dienone is 2. The Labute approximate surface area is 197 Å². The second-order valence-corrected chi connectivity index (χ2v) is 10.1. The average molecular weight is 434 g/mol. The van der Waals surface area contributed by atoms with E-state index in [9.17, 15) is 0 Å². The predicted octanol–water partition coefficient (Wildman–Crippen LogP) is 7.11. The summed E-state index contributed by atoms with van der Waals surface area (Å²) in [5.41, 5.74) is 10.8. The minimum Gasteiger partial charge on any atom is -0.378 e. The number of benzene rings is 4. The van der Waals surface area contributed by atoms with Crippen LogP contribution in [0.3, 0.4) is 0 Å². The number of hydrogen-bond acceptors (Lipinski definition) is 1. The van der Waals surface area contributed by atoms with Crippen LogP contribution in [0.25, 0.3) is 38.2 Å². The first-order chi connectivity index (χ1) is 15.3. The highest BCUT2D eigenvalue weighted by Gasteiger charge is 2.41. The SMILES string of the molecule is C.CN(C)c1ccc2c(c1)C(C)(C)C1=CC(=[N+](C)C)c3cccc4c3c1c-2c1ccccc14. The van der Waals surface area contributed by atoms with E-state index in [1.807, 2.05) is 0 Å². The zero-order valence-electron chi connectivity index (χ0n) is 19.7. The second-order valence-electron chi connectivity index (χ2n) is 10.1. The Bertz CT molecular complexity index is 1530. The van der Waals surface area contributed by atoms with E-state index in [2.05, 4.69) is 118 Å². The monoisotopic (exact) mass is 433 g/mol. The Hall–Kier alpha value is -3.39. The molecule has 0 saturated carbocycles. The third kappa shape index (κ3) is 2.70. The molecule has 6 rings (SSSR count). The highest BCUT2D eigenvalue weighted by molar-refractivity contribution is 6.31. The summed E-state index contributed by atoms with van der Waals surface area (Å²) in [7, 11) is 8.56. The van der Waals surface area contributed by atoms with E-state index in [1.54, 1.807) is 0 Å². The van der Waals surface area contributed by atoms with E-state index in [1.165, 1.54) is 66.3 Å². The number of fused-ring (bicyclic) bond motifs is 5. The van der Waals surface area contributed by atoms with E-state index in [0.29, 0.717) is 0 Å². The van der Waals surface area contributed by atoms with E-state index >= 15 is 0 Å². The van der Waals surface area contributed by atoms with Gasteiger partial charge >= 0.3 is 0 Å². The number of rotatable bonds is 1. The lowest BCUT2D eigenvalue weighted by Crippen LogP contribution is -2.29. The Morgan fingerprint density at radius 3 is 2.15 bits per heavy atom. The molecule has 4 aromatic carbocycles. The van der Waals surface area contributed by atoms with Crippen molar-refractivity contribution in [1.82, 2.24) is 0 Å². The van der Waals surface area contributed by atoms with Crippen LogP contribution in [0.5, 0.6) is 0 Å². The first-order valence-corrected chi connectivity index (χ1v) is 11.4. The van der Waals surface area contributed by atoms with Gasteiger partial charge in [0.1, 0.15) is 14.1 Å². The molecule has 0 fully saturated rings. The number of nitrogens with zero attached hydrogens (tertiary/aromatic N) is 2. The van der Waals surface area contributed by atoms with Gasteiger partial charge in [-0.15, -0.1) is 0 Å². The highest BCUT2D eigenvalue weighted by Crippen LogP contribution is 2.56. The fourth-order valence-electron chi connectivity index (χ4n) is 5.84. The van der Waals surface area contributed by atoms with Gasteiger partial charge in [-0.25, -0.2) is 4.58 Å². The molecule has 0 aromatic heterocycles. The minimum absolute atomic E-state index is 0. The van der Waals surface area contributed by atoms with E-state index in [4.69, 9.17) is 0 Å². The molecule has 0 amide bonds. The van der Waals surface area contributed by atoms with Crippen molar-refractivity contribution in [3.05, 3.63) is 83.4 Å². The van der Waals surface area contributed by atoms with Gasteiger partial charge in [-0.2, -0.15) is 0 Å². The third-order valence-corrected chi connectivity index (χ3v) is 7.49. The van der Waals surface area contributed by atoms with Crippen LogP contribution in [0.4, 0.5) is 5.69 Å². The molecule has 2 nitrogen and oxygen atoms in total. The Balaban J connectivity index is 0.00000228. The average Bonchev–Trinajstić information content (AvgIpc) is 2.78. The number of hydrogen-bond donors (Lipinski definition) is 0. The first kappa shape index (κ1) is 21.5. The van der Waals surface area contributed by atoms with E-state index < -0.39 is 0 Å². The van der Waals surface area contributed by atoms with Gasteiger partial charge in [-0.3, -0.25) is 0 Å². The lowest BCUT2D eigenvalue weighted by molar-refractivity contribution is -0.463. The maximum Gasteiger partial charge on any atom is 0.207 e. The molecule has 0 aliphatic heterocycles. The summed E-state index contributed by atoms with van der Waals surface area (Å²) >= 11 is 0. The zero-order chi connectivity index (χ0) is 22.4. The topological polar surface area (TPSA) is 6.25 Å². The van der Waals surface area contributed by atoms with Crippen molar-refractivity contribution in [2.75, 3.05) is 33.1 Å². The molecule has 33 heavy (non-hydrogen) atoms. The fraction of sp³-hybridized carbons (Fsp3) is 0.258. The van der Waals surface area contributed by atoms with Gasteiger partial charge in [0, 0.05) is 36.7 Å². The molecule has 0 radical (unpaired) electrons. The van der Waals surface area contributed by atoms with Crippen LogP contribution < -0.4 is 4.90 Å². The highest BCUT2D eigenvalue weighted by atomic mass is 15.1. The van der Waals surface area contributed by atoms with Gasteiger partial charge in [0.15, 0.2) is 0 Å². The van der Waals surface area contributed by atoms with E-state index in [0.717, 1.165) is 0 Å². The lowest BCUT2D eigenvalue weighted by atomic mass is 9.62. The summed E-state index contributed by atoms with van der Waals surface area (Å²) in [6, 6.07) is 22.8. The van der Waals surface area contributed by atoms with Crippen LogP contribution in [0, 0.1) is 0 Å². The van der Waals surface area contributed by atoms with Crippen molar-refractivity contribution in [3.63, 3.8) is 0 Å². The largest absolute Gasteiger partial charge is 0.378 e. The van der Waals surface area contributed by atoms with Gasteiger partial charge in [0.25, 0.3) is 0 Å². The van der Waals surface area contributed by atoms with Crippen molar-refractivity contribution >= 4 is 38.5 Å². The number of anilines is 1. The van der Waals surface area contributed by atoms with Gasteiger partial charge in [-0.05, 0) is 62.2 Å². The third-order valence-electron chi connectivity index (χ3n) is 7.49. The van der Waals surface area contributed by atoms with Crippen LogP contribution in [0.1, 0.15) is 38.0 Å². The van der Waals surface area contributed by atoms with Crippen molar-refractivity contribution in [2.45, 2.75) is 26.7 Å². The van der Waals surface area contributed by atoms with Crippen molar-refractivity contribution in [2.24, 2.45) is 0 Å². The lowest BCUT2D eigenvalue weighted by Gasteiger charge is -2.40. The molecule has 0 saturated heterocycles. The maximum atomic E-state index is 2.45. The molecular weight excluding hydrogens is 400 g/mol. The van der Waals surface area contributed by atoms with Gasteiger partial charge < -0.3 is 4.90 Å².